The van der Waals surface area contributed by atoms with E-state index in [1.807, 2.05) is 0 Å². The molecule has 0 rings (SSSR count). The Hall–Kier alpha value is 0.750. The van der Waals surface area contributed by atoms with Crippen molar-refractivity contribution in [2.24, 2.45) is 17.8 Å². The molecular formula is C24H51InO3. The molecule has 0 aromatic heterocycles. The van der Waals surface area contributed by atoms with Gasteiger partial charge in [-0.15, -0.1) is 19.8 Å². The van der Waals surface area contributed by atoms with Crippen molar-refractivity contribution in [3.05, 3.63) is 0 Å². The Labute approximate surface area is 196 Å². The molecule has 3 nitrogen and oxygen atoms in total. The maximum atomic E-state index is 10.4. The first-order valence-corrected chi connectivity index (χ1v) is 11.8. The van der Waals surface area contributed by atoms with E-state index in [9.17, 15) is 15.3 Å². The number of hydrogen-bond donors (Lipinski definition) is 0. The van der Waals surface area contributed by atoms with Crippen molar-refractivity contribution in [1.29, 1.82) is 0 Å². The van der Waals surface area contributed by atoms with Crippen molar-refractivity contribution < 1.29 is 15.3 Å². The van der Waals surface area contributed by atoms with Crippen molar-refractivity contribution in [2.75, 3.05) is 19.8 Å². The van der Waals surface area contributed by atoms with Gasteiger partial charge in [-0.05, 0) is 0 Å². The van der Waals surface area contributed by atoms with Crippen LogP contribution in [0, 0.1) is 17.8 Å². The van der Waals surface area contributed by atoms with Crippen molar-refractivity contribution in [2.45, 2.75) is 119 Å². The zero-order valence-corrected chi connectivity index (χ0v) is 23.4. The van der Waals surface area contributed by atoms with Gasteiger partial charge in [-0.1, -0.05) is 136 Å². The van der Waals surface area contributed by atoms with Crippen LogP contribution in [0.4, 0.5) is 0 Å². The van der Waals surface area contributed by atoms with Gasteiger partial charge in [0.2, 0.25) is 0 Å². The van der Waals surface area contributed by atoms with Crippen molar-refractivity contribution in [3.8, 4) is 0 Å². The van der Waals surface area contributed by atoms with Gasteiger partial charge >= 0.3 is 25.8 Å². The van der Waals surface area contributed by atoms with Crippen LogP contribution < -0.4 is 15.3 Å². The molecule has 0 bridgehead atoms. The van der Waals surface area contributed by atoms with E-state index < -0.39 is 0 Å². The molecule has 0 spiro atoms. The summed E-state index contributed by atoms with van der Waals surface area (Å²) in [6.45, 7) is 13.1. The largest absolute Gasteiger partial charge is 3.00 e. The topological polar surface area (TPSA) is 69.2 Å². The molecule has 168 valence electrons. The SMILES string of the molecule is CCCCC(CC)C[O-].CCCCC(CC)C[O-].CCCCC(CC)C[O-].[In+3]. The maximum absolute atomic E-state index is 10.4. The molecule has 0 saturated carbocycles. The minimum Gasteiger partial charge on any atom is -0.854 e. The van der Waals surface area contributed by atoms with E-state index in [1.165, 1.54) is 38.5 Å². The second-order valence-corrected chi connectivity index (χ2v) is 7.75. The van der Waals surface area contributed by atoms with Gasteiger partial charge in [0.1, 0.15) is 0 Å². The van der Waals surface area contributed by atoms with E-state index in [4.69, 9.17) is 0 Å². The summed E-state index contributed by atoms with van der Waals surface area (Å²) in [5, 5.41) is 31.1. The van der Waals surface area contributed by atoms with Gasteiger partial charge in [-0.2, -0.15) is 0 Å². The molecule has 0 aliphatic rings. The van der Waals surface area contributed by atoms with Crippen LogP contribution in [-0.2, 0) is 0 Å². The summed E-state index contributed by atoms with van der Waals surface area (Å²) in [5.41, 5.74) is 0. The summed E-state index contributed by atoms with van der Waals surface area (Å²) in [4.78, 5) is 0. The van der Waals surface area contributed by atoms with Crippen molar-refractivity contribution >= 4 is 25.8 Å². The molecule has 0 aromatic carbocycles. The minimum absolute atomic E-state index is 0. The Bertz CT molecular complexity index is 190. The molecular weight excluding hydrogens is 451 g/mol. The van der Waals surface area contributed by atoms with Gasteiger partial charge in [-0.3, -0.25) is 0 Å². The third kappa shape index (κ3) is 29.0. The summed E-state index contributed by atoms with van der Waals surface area (Å²) in [7, 11) is 0. The van der Waals surface area contributed by atoms with Crippen molar-refractivity contribution in [1.82, 2.24) is 0 Å². The Morgan fingerprint density at radius 1 is 0.464 bits per heavy atom. The zero-order valence-electron chi connectivity index (χ0n) is 20.1. The third-order valence-corrected chi connectivity index (χ3v) is 5.34. The van der Waals surface area contributed by atoms with Crippen LogP contribution in [0.3, 0.4) is 0 Å². The Kier molecular flexibility index (Phi) is 41.8. The first-order valence-electron chi connectivity index (χ1n) is 11.8. The second-order valence-electron chi connectivity index (χ2n) is 7.75. The molecule has 0 aliphatic heterocycles. The van der Waals surface area contributed by atoms with Gasteiger partial charge in [0.15, 0.2) is 0 Å². The van der Waals surface area contributed by atoms with Crippen LogP contribution in [0.15, 0.2) is 0 Å². The Morgan fingerprint density at radius 3 is 0.786 bits per heavy atom. The maximum Gasteiger partial charge on any atom is 3.00 e. The fourth-order valence-corrected chi connectivity index (χ4v) is 2.69. The Balaban J connectivity index is -0.000000152. The summed E-state index contributed by atoms with van der Waals surface area (Å²) >= 11 is 0. The predicted octanol–water partition coefficient (Wildman–Crippen LogP) is 4.31. The van der Waals surface area contributed by atoms with Gasteiger partial charge in [-0.25, -0.2) is 0 Å². The van der Waals surface area contributed by atoms with E-state index in [1.54, 1.807) is 0 Å². The van der Waals surface area contributed by atoms with Crippen LogP contribution in [0.2, 0.25) is 0 Å². The second kappa shape index (κ2) is 32.4. The molecule has 0 aromatic rings. The van der Waals surface area contributed by atoms with E-state index >= 15 is 0 Å². The zero-order chi connectivity index (χ0) is 21.3. The average molecular weight is 502 g/mol. The molecule has 0 saturated heterocycles. The molecule has 0 radical (unpaired) electrons. The molecule has 28 heavy (non-hydrogen) atoms. The van der Waals surface area contributed by atoms with Crippen LogP contribution in [0.5, 0.6) is 0 Å². The van der Waals surface area contributed by atoms with Crippen LogP contribution in [-0.4, -0.2) is 45.7 Å². The Morgan fingerprint density at radius 2 is 0.679 bits per heavy atom. The minimum atomic E-state index is 0. The van der Waals surface area contributed by atoms with E-state index in [-0.39, 0.29) is 45.7 Å². The normalized spacial score (nSPS) is 13.2. The van der Waals surface area contributed by atoms with E-state index in [0.29, 0.717) is 17.8 Å². The van der Waals surface area contributed by atoms with Crippen LogP contribution in [0.1, 0.15) is 119 Å². The van der Waals surface area contributed by atoms with Gasteiger partial charge in [0, 0.05) is 0 Å². The van der Waals surface area contributed by atoms with Crippen molar-refractivity contribution in [3.63, 3.8) is 0 Å². The van der Waals surface area contributed by atoms with E-state index in [0.717, 1.165) is 38.5 Å². The quantitative estimate of drug-likeness (QED) is 0.335. The summed E-state index contributed by atoms with van der Waals surface area (Å²) < 4.78 is 0. The summed E-state index contributed by atoms with van der Waals surface area (Å²) in [6.07, 6.45) is 13.9. The summed E-state index contributed by atoms with van der Waals surface area (Å²) in [5.74, 6) is 1.35. The van der Waals surface area contributed by atoms with Gasteiger partial charge in [0.05, 0.1) is 0 Å². The molecule has 0 amide bonds. The fourth-order valence-electron chi connectivity index (χ4n) is 2.69. The first kappa shape index (κ1) is 36.1. The molecule has 0 N–H and O–H groups in total. The molecule has 0 fully saturated rings. The average Bonchev–Trinajstić information content (AvgIpc) is 2.71. The predicted molar refractivity (Wildman–Crippen MR) is 120 cm³/mol. The number of hydrogen-bond acceptors (Lipinski definition) is 3. The van der Waals surface area contributed by atoms with Crippen LogP contribution in [0.25, 0.3) is 0 Å². The molecule has 0 aliphatic carbocycles. The fraction of sp³-hybridized carbons (Fsp3) is 1.00. The third-order valence-electron chi connectivity index (χ3n) is 5.34. The standard InChI is InChI=1S/3C8H17O.In/c3*1-3-5-6-8(4-2)7-9;/h3*8H,3-7H2,1-2H3;/q3*-1;+3. The van der Waals surface area contributed by atoms with Gasteiger partial charge in [0.25, 0.3) is 0 Å². The molecule has 3 unspecified atom stereocenters. The van der Waals surface area contributed by atoms with Crippen LogP contribution >= 0.6 is 0 Å². The smallest absolute Gasteiger partial charge is 0.854 e. The van der Waals surface area contributed by atoms with Gasteiger partial charge < -0.3 is 15.3 Å². The molecule has 3 atom stereocenters. The summed E-state index contributed by atoms with van der Waals surface area (Å²) in [6, 6.07) is 0. The molecule has 4 heteroatoms. The monoisotopic (exact) mass is 502 g/mol. The number of rotatable bonds is 15. The van der Waals surface area contributed by atoms with E-state index in [2.05, 4.69) is 41.5 Å². The first-order chi connectivity index (χ1) is 13.0. The molecule has 0 heterocycles. The number of unbranched alkanes of at least 4 members (excludes halogenated alkanes) is 3.